The largest absolute Gasteiger partial charge is 0.430 e. The molecule has 5 N–H and O–H groups in total. The SMILES string of the molecule is C1=CNNC1.CNc1c(C(N)=O)oc2ncccc12.O=CN1CCCC1. The number of carbonyl (C=O) groups excluding carboxylic acids is 2. The van der Waals surface area contributed by atoms with Crippen LogP contribution in [-0.4, -0.2) is 48.9 Å². The quantitative estimate of drug-likeness (QED) is 0.597. The molecule has 2 aliphatic rings. The van der Waals surface area contributed by atoms with Crippen molar-refractivity contribution in [2.75, 3.05) is 32.0 Å². The van der Waals surface area contributed by atoms with Crippen molar-refractivity contribution in [2.45, 2.75) is 12.8 Å². The molecule has 26 heavy (non-hydrogen) atoms. The number of rotatable bonds is 3. The highest BCUT2D eigenvalue weighted by atomic mass is 16.4. The van der Waals surface area contributed by atoms with E-state index in [0.717, 1.165) is 31.4 Å². The summed E-state index contributed by atoms with van der Waals surface area (Å²) in [6, 6.07) is 3.58. The van der Waals surface area contributed by atoms with Gasteiger partial charge in [-0.15, -0.1) is 0 Å². The second kappa shape index (κ2) is 10.0. The number of nitrogens with zero attached hydrogens (tertiary/aromatic N) is 2. The molecule has 2 aromatic rings. The number of pyridine rings is 1. The summed E-state index contributed by atoms with van der Waals surface area (Å²) in [6.45, 7) is 2.91. The maximum atomic E-state index is 11.0. The number of nitrogens with two attached hydrogens (primary N) is 1. The molecule has 0 radical (unpaired) electrons. The van der Waals surface area contributed by atoms with E-state index >= 15 is 0 Å². The van der Waals surface area contributed by atoms with E-state index in [1.165, 1.54) is 12.8 Å². The van der Waals surface area contributed by atoms with Crippen LogP contribution in [0.4, 0.5) is 5.69 Å². The van der Waals surface area contributed by atoms with Gasteiger partial charge in [-0.3, -0.25) is 9.59 Å². The van der Waals surface area contributed by atoms with E-state index in [-0.39, 0.29) is 5.76 Å². The zero-order chi connectivity index (χ0) is 18.8. The van der Waals surface area contributed by atoms with Gasteiger partial charge in [0.1, 0.15) is 0 Å². The molecule has 2 aromatic heterocycles. The number of hydrazine groups is 1. The molecule has 1 saturated heterocycles. The fraction of sp³-hybridized carbons (Fsp3) is 0.353. The molecule has 4 heterocycles. The van der Waals surface area contributed by atoms with Gasteiger partial charge in [-0.25, -0.2) is 10.4 Å². The van der Waals surface area contributed by atoms with E-state index in [9.17, 15) is 9.59 Å². The van der Waals surface area contributed by atoms with E-state index in [4.69, 9.17) is 10.2 Å². The lowest BCUT2D eigenvalue weighted by Crippen LogP contribution is -2.19. The number of nitrogens with one attached hydrogen (secondary N) is 3. The summed E-state index contributed by atoms with van der Waals surface area (Å²) in [5.74, 6) is -0.492. The van der Waals surface area contributed by atoms with Crippen molar-refractivity contribution < 1.29 is 14.0 Å². The maximum absolute atomic E-state index is 11.0. The van der Waals surface area contributed by atoms with Gasteiger partial charge in [0.2, 0.25) is 17.9 Å². The Morgan fingerprint density at radius 1 is 1.42 bits per heavy atom. The monoisotopic (exact) mass is 360 g/mol. The summed E-state index contributed by atoms with van der Waals surface area (Å²) >= 11 is 0. The van der Waals surface area contributed by atoms with Crippen LogP contribution in [0, 0.1) is 0 Å². The number of aromatic nitrogens is 1. The molecule has 0 aromatic carbocycles. The Balaban J connectivity index is 0.000000167. The van der Waals surface area contributed by atoms with Gasteiger partial charge in [0.25, 0.3) is 5.91 Å². The van der Waals surface area contributed by atoms with Crippen LogP contribution in [0.5, 0.6) is 0 Å². The first-order chi connectivity index (χ1) is 12.7. The molecule has 140 valence electrons. The van der Waals surface area contributed by atoms with Crippen molar-refractivity contribution >= 4 is 29.1 Å². The predicted octanol–water partition coefficient (Wildman–Crippen LogP) is 0.815. The second-order valence-corrected chi connectivity index (χ2v) is 5.55. The molecule has 0 saturated carbocycles. The zero-order valence-electron chi connectivity index (χ0n) is 14.7. The number of carbonyl (C=O) groups is 2. The van der Waals surface area contributed by atoms with Crippen molar-refractivity contribution in [3.63, 3.8) is 0 Å². The van der Waals surface area contributed by atoms with Crippen LogP contribution in [0.3, 0.4) is 0 Å². The van der Waals surface area contributed by atoms with Gasteiger partial charge in [0, 0.05) is 39.1 Å². The average molecular weight is 360 g/mol. The Bertz CT molecular complexity index is 746. The summed E-state index contributed by atoms with van der Waals surface area (Å²) in [4.78, 5) is 26.7. The average Bonchev–Trinajstić information content (AvgIpc) is 3.44. The van der Waals surface area contributed by atoms with Gasteiger partial charge in [-0.1, -0.05) is 6.08 Å². The smallest absolute Gasteiger partial charge is 0.286 e. The molecule has 9 nitrogen and oxygen atoms in total. The molecule has 0 bridgehead atoms. The number of hydrogen-bond donors (Lipinski definition) is 4. The Morgan fingerprint density at radius 3 is 2.65 bits per heavy atom. The lowest BCUT2D eigenvalue weighted by atomic mass is 10.2. The van der Waals surface area contributed by atoms with Gasteiger partial charge < -0.3 is 25.8 Å². The van der Waals surface area contributed by atoms with Crippen LogP contribution in [0.1, 0.15) is 23.4 Å². The van der Waals surface area contributed by atoms with E-state index in [2.05, 4.69) is 21.2 Å². The van der Waals surface area contributed by atoms with E-state index in [1.807, 2.05) is 18.3 Å². The highest BCUT2D eigenvalue weighted by Crippen LogP contribution is 2.28. The summed E-state index contributed by atoms with van der Waals surface area (Å²) in [6.07, 6.45) is 8.79. The topological polar surface area (TPSA) is 126 Å². The van der Waals surface area contributed by atoms with Gasteiger partial charge in [-0.2, -0.15) is 0 Å². The van der Waals surface area contributed by atoms with E-state index < -0.39 is 5.91 Å². The summed E-state index contributed by atoms with van der Waals surface area (Å²) in [5.41, 5.74) is 11.8. The van der Waals surface area contributed by atoms with Gasteiger partial charge in [0.15, 0.2) is 0 Å². The number of hydrogen-bond acceptors (Lipinski definition) is 7. The third kappa shape index (κ3) is 5.21. The van der Waals surface area contributed by atoms with Gasteiger partial charge in [0.05, 0.1) is 11.1 Å². The Hall–Kier alpha value is -3.07. The first kappa shape index (κ1) is 19.3. The molecule has 0 unspecified atom stereocenters. The van der Waals surface area contributed by atoms with Crippen molar-refractivity contribution in [3.05, 3.63) is 36.4 Å². The molecule has 9 heteroatoms. The standard InChI is InChI=1S/C9H9N3O2.C5H9NO.C3H6N2/c1-11-6-5-3-2-4-12-9(5)14-7(6)8(10)13;7-5-6-3-1-2-4-6;1-2-4-5-3-1/h2-4,11H,1H3,(H2,10,13);5H,1-4H2;1-2,4-5H,3H2. The third-order valence-corrected chi connectivity index (χ3v) is 3.75. The van der Waals surface area contributed by atoms with Crippen LogP contribution in [0.2, 0.25) is 0 Å². The number of fused-ring (bicyclic) bond motifs is 1. The first-order valence-electron chi connectivity index (χ1n) is 8.35. The molecule has 1 fully saturated rings. The molecule has 2 amide bonds. The molecule has 2 aliphatic heterocycles. The zero-order valence-corrected chi connectivity index (χ0v) is 14.7. The fourth-order valence-corrected chi connectivity index (χ4v) is 2.50. The normalized spacial score (nSPS) is 14.7. The maximum Gasteiger partial charge on any atom is 0.286 e. The number of primary amides is 1. The minimum atomic E-state index is -0.604. The minimum absolute atomic E-state index is 0.112. The molecule has 0 atom stereocenters. The van der Waals surface area contributed by atoms with E-state index in [1.54, 1.807) is 24.2 Å². The lowest BCUT2D eigenvalue weighted by Gasteiger charge is -2.03. The Morgan fingerprint density at radius 2 is 2.19 bits per heavy atom. The number of likely N-dealkylation sites (tertiary alicyclic amines) is 1. The summed E-state index contributed by atoms with van der Waals surface area (Å²) in [7, 11) is 1.70. The third-order valence-electron chi connectivity index (χ3n) is 3.75. The number of furan rings is 1. The minimum Gasteiger partial charge on any atom is -0.430 e. The van der Waals surface area contributed by atoms with Crippen LogP contribution in [-0.2, 0) is 4.79 Å². The highest BCUT2D eigenvalue weighted by molar-refractivity contribution is 6.04. The second-order valence-electron chi connectivity index (χ2n) is 5.55. The Kier molecular flexibility index (Phi) is 7.44. The fourth-order valence-electron chi connectivity index (χ4n) is 2.50. The lowest BCUT2D eigenvalue weighted by molar-refractivity contribution is -0.117. The van der Waals surface area contributed by atoms with E-state index in [0.29, 0.717) is 11.4 Å². The van der Waals surface area contributed by atoms with Crippen molar-refractivity contribution in [1.82, 2.24) is 20.7 Å². The van der Waals surface area contributed by atoms with Crippen LogP contribution in [0.15, 0.2) is 35.0 Å². The van der Waals surface area contributed by atoms with Crippen LogP contribution < -0.4 is 21.9 Å². The van der Waals surface area contributed by atoms with Crippen molar-refractivity contribution in [1.29, 1.82) is 0 Å². The van der Waals surface area contributed by atoms with Gasteiger partial charge >= 0.3 is 0 Å². The van der Waals surface area contributed by atoms with Crippen LogP contribution >= 0.6 is 0 Å². The first-order valence-corrected chi connectivity index (χ1v) is 8.35. The molecular formula is C17H24N6O3. The summed E-state index contributed by atoms with van der Waals surface area (Å²) in [5, 5.41) is 3.62. The molecule has 4 rings (SSSR count). The van der Waals surface area contributed by atoms with Gasteiger partial charge in [-0.05, 0) is 25.0 Å². The van der Waals surface area contributed by atoms with Crippen LogP contribution in [0.25, 0.3) is 11.1 Å². The Labute approximate surface area is 151 Å². The molecule has 0 aliphatic carbocycles. The molecule has 0 spiro atoms. The van der Waals surface area contributed by atoms with Crippen molar-refractivity contribution in [2.24, 2.45) is 5.73 Å². The summed E-state index contributed by atoms with van der Waals surface area (Å²) < 4.78 is 5.20. The van der Waals surface area contributed by atoms with Crippen molar-refractivity contribution in [3.8, 4) is 0 Å². The number of anilines is 1. The predicted molar refractivity (Wildman–Crippen MR) is 99.2 cm³/mol. The molecular weight excluding hydrogens is 336 g/mol. The highest BCUT2D eigenvalue weighted by Gasteiger charge is 2.17. The number of amides is 2.